The molecule has 6 heteroatoms. The predicted molar refractivity (Wildman–Crippen MR) is 90.6 cm³/mol. The van der Waals surface area contributed by atoms with Crippen LogP contribution in [0.2, 0.25) is 0 Å². The molecule has 1 aromatic carbocycles. The van der Waals surface area contributed by atoms with Crippen LogP contribution in [0.15, 0.2) is 24.3 Å². The molecule has 1 unspecified atom stereocenters. The van der Waals surface area contributed by atoms with E-state index in [0.29, 0.717) is 18.8 Å². The minimum Gasteiger partial charge on any atom is -0.497 e. The van der Waals surface area contributed by atoms with Crippen molar-refractivity contribution in [1.82, 2.24) is 15.5 Å². The molecule has 1 amide bonds. The Hall–Kier alpha value is -2.50. The molecule has 0 saturated heterocycles. The van der Waals surface area contributed by atoms with Crippen molar-refractivity contribution in [3.8, 4) is 11.5 Å². The fourth-order valence-corrected chi connectivity index (χ4v) is 2.88. The first kappa shape index (κ1) is 16.4. The number of aryl methyl sites for hydroxylation is 1. The zero-order valence-corrected chi connectivity index (χ0v) is 14.1. The molecule has 0 saturated carbocycles. The van der Waals surface area contributed by atoms with E-state index in [9.17, 15) is 4.79 Å². The Morgan fingerprint density at radius 2 is 2.33 bits per heavy atom. The summed E-state index contributed by atoms with van der Waals surface area (Å²) in [5.74, 6) is 1.77. The van der Waals surface area contributed by atoms with Gasteiger partial charge in [0.1, 0.15) is 17.2 Å². The van der Waals surface area contributed by atoms with Gasteiger partial charge in [0, 0.05) is 24.2 Å². The molecule has 0 radical (unpaired) electrons. The van der Waals surface area contributed by atoms with Crippen LogP contribution in [0.3, 0.4) is 0 Å². The average molecular weight is 329 g/mol. The number of aromatic amines is 1. The molecule has 2 heterocycles. The Kier molecular flexibility index (Phi) is 5.03. The summed E-state index contributed by atoms with van der Waals surface area (Å²) >= 11 is 0. The third-order valence-corrected chi connectivity index (χ3v) is 4.19. The van der Waals surface area contributed by atoms with Crippen molar-refractivity contribution in [2.75, 3.05) is 20.3 Å². The number of hydrogen-bond donors (Lipinski definition) is 2. The van der Waals surface area contributed by atoms with Gasteiger partial charge in [-0.15, -0.1) is 0 Å². The molecule has 0 bridgehead atoms. The highest BCUT2D eigenvalue weighted by molar-refractivity contribution is 5.92. The van der Waals surface area contributed by atoms with Gasteiger partial charge in [-0.3, -0.25) is 9.89 Å². The topological polar surface area (TPSA) is 76.2 Å². The maximum absolute atomic E-state index is 12.2. The van der Waals surface area contributed by atoms with E-state index in [2.05, 4.69) is 22.4 Å². The van der Waals surface area contributed by atoms with E-state index in [0.717, 1.165) is 42.0 Å². The van der Waals surface area contributed by atoms with Crippen molar-refractivity contribution < 1.29 is 14.3 Å². The van der Waals surface area contributed by atoms with Gasteiger partial charge >= 0.3 is 0 Å². The Morgan fingerprint density at radius 3 is 3.12 bits per heavy atom. The lowest BCUT2D eigenvalue weighted by Crippen LogP contribution is -2.35. The van der Waals surface area contributed by atoms with E-state index in [-0.39, 0.29) is 11.8 Å². The standard InChI is InChI=1S/C18H23N3O3/c1-3-4-14-8-16(21-20-14)18(22)19-10-12-7-13-5-6-15(23-2)9-17(13)24-11-12/h5-6,8-9,12H,3-4,7,10-11H2,1-2H3,(H,19,22)(H,20,21). The van der Waals surface area contributed by atoms with E-state index in [4.69, 9.17) is 9.47 Å². The minimum atomic E-state index is -0.144. The zero-order valence-electron chi connectivity index (χ0n) is 14.1. The number of nitrogens with zero attached hydrogens (tertiary/aromatic N) is 1. The summed E-state index contributed by atoms with van der Waals surface area (Å²) < 4.78 is 11.0. The number of carbonyl (C=O) groups excluding carboxylic acids is 1. The summed E-state index contributed by atoms with van der Waals surface area (Å²) in [5.41, 5.74) is 2.58. The number of aromatic nitrogens is 2. The van der Waals surface area contributed by atoms with Crippen molar-refractivity contribution in [3.63, 3.8) is 0 Å². The van der Waals surface area contributed by atoms with Crippen LogP contribution in [0.4, 0.5) is 0 Å². The van der Waals surface area contributed by atoms with Crippen LogP contribution in [-0.4, -0.2) is 36.4 Å². The molecule has 1 aliphatic heterocycles. The molecule has 2 N–H and O–H groups in total. The average Bonchev–Trinajstić information content (AvgIpc) is 3.08. The monoisotopic (exact) mass is 329 g/mol. The normalized spacial score (nSPS) is 16.2. The second-order valence-electron chi connectivity index (χ2n) is 6.09. The molecule has 128 valence electrons. The number of carbonyl (C=O) groups is 1. The third kappa shape index (κ3) is 3.69. The van der Waals surface area contributed by atoms with Gasteiger partial charge < -0.3 is 14.8 Å². The maximum Gasteiger partial charge on any atom is 0.271 e. The predicted octanol–water partition coefficient (Wildman–Crippen LogP) is 2.35. The Morgan fingerprint density at radius 1 is 1.46 bits per heavy atom. The van der Waals surface area contributed by atoms with Crippen LogP contribution in [0.25, 0.3) is 0 Å². The number of ether oxygens (including phenoxy) is 2. The van der Waals surface area contributed by atoms with Gasteiger partial charge in [-0.05, 0) is 30.5 Å². The molecular formula is C18H23N3O3. The number of H-pyrrole nitrogens is 1. The van der Waals surface area contributed by atoms with Gasteiger partial charge in [-0.2, -0.15) is 5.10 Å². The Labute approximate surface area is 141 Å². The smallest absolute Gasteiger partial charge is 0.271 e. The second kappa shape index (κ2) is 7.38. The SMILES string of the molecule is CCCc1cc(C(=O)NCC2COc3cc(OC)ccc3C2)n[nH]1. The van der Waals surface area contributed by atoms with Gasteiger partial charge in [0.2, 0.25) is 0 Å². The summed E-state index contributed by atoms with van der Waals surface area (Å²) in [6.07, 6.45) is 2.80. The Bertz CT molecular complexity index is 711. The molecular weight excluding hydrogens is 306 g/mol. The van der Waals surface area contributed by atoms with Crippen LogP contribution < -0.4 is 14.8 Å². The van der Waals surface area contributed by atoms with Crippen molar-refractivity contribution >= 4 is 5.91 Å². The quantitative estimate of drug-likeness (QED) is 0.853. The largest absolute Gasteiger partial charge is 0.497 e. The van der Waals surface area contributed by atoms with Crippen molar-refractivity contribution in [1.29, 1.82) is 0 Å². The fraction of sp³-hybridized carbons (Fsp3) is 0.444. The van der Waals surface area contributed by atoms with Crippen molar-refractivity contribution in [2.24, 2.45) is 5.92 Å². The lowest BCUT2D eigenvalue weighted by Gasteiger charge is -2.25. The number of methoxy groups -OCH3 is 1. The van der Waals surface area contributed by atoms with E-state index in [1.165, 1.54) is 0 Å². The molecule has 3 rings (SSSR count). The zero-order chi connectivity index (χ0) is 16.9. The van der Waals surface area contributed by atoms with E-state index in [1.54, 1.807) is 7.11 Å². The summed E-state index contributed by atoms with van der Waals surface area (Å²) in [6.45, 7) is 3.25. The number of rotatable bonds is 6. The molecule has 24 heavy (non-hydrogen) atoms. The molecule has 1 atom stereocenters. The van der Waals surface area contributed by atoms with Gasteiger partial charge in [-0.1, -0.05) is 19.4 Å². The fourth-order valence-electron chi connectivity index (χ4n) is 2.88. The first-order valence-corrected chi connectivity index (χ1v) is 8.31. The van der Waals surface area contributed by atoms with Crippen LogP contribution in [0, 0.1) is 5.92 Å². The highest BCUT2D eigenvalue weighted by Crippen LogP contribution is 2.30. The van der Waals surface area contributed by atoms with Gasteiger partial charge in [0.05, 0.1) is 13.7 Å². The molecule has 2 aromatic rings. The first-order chi connectivity index (χ1) is 11.7. The number of fused-ring (bicyclic) bond motifs is 1. The summed E-state index contributed by atoms with van der Waals surface area (Å²) in [6, 6.07) is 7.68. The highest BCUT2D eigenvalue weighted by atomic mass is 16.5. The number of amides is 1. The van der Waals surface area contributed by atoms with Gasteiger partial charge in [0.25, 0.3) is 5.91 Å². The summed E-state index contributed by atoms with van der Waals surface area (Å²) in [5, 5.41) is 9.92. The number of hydrogen-bond acceptors (Lipinski definition) is 4. The van der Waals surface area contributed by atoms with Crippen LogP contribution in [-0.2, 0) is 12.8 Å². The molecule has 1 aromatic heterocycles. The van der Waals surface area contributed by atoms with Crippen molar-refractivity contribution in [3.05, 3.63) is 41.2 Å². The lowest BCUT2D eigenvalue weighted by molar-refractivity contribution is 0.0934. The molecule has 0 aliphatic carbocycles. The van der Waals surface area contributed by atoms with Crippen LogP contribution in [0.5, 0.6) is 11.5 Å². The third-order valence-electron chi connectivity index (χ3n) is 4.19. The van der Waals surface area contributed by atoms with Gasteiger partial charge in [0.15, 0.2) is 0 Å². The van der Waals surface area contributed by atoms with E-state index in [1.807, 2.05) is 24.3 Å². The summed E-state index contributed by atoms with van der Waals surface area (Å²) in [4.78, 5) is 12.2. The first-order valence-electron chi connectivity index (χ1n) is 8.31. The minimum absolute atomic E-state index is 0.144. The maximum atomic E-state index is 12.2. The molecule has 0 fully saturated rings. The molecule has 6 nitrogen and oxygen atoms in total. The summed E-state index contributed by atoms with van der Waals surface area (Å²) in [7, 11) is 1.64. The second-order valence-corrected chi connectivity index (χ2v) is 6.09. The van der Waals surface area contributed by atoms with Crippen LogP contribution >= 0.6 is 0 Å². The van der Waals surface area contributed by atoms with Crippen molar-refractivity contribution in [2.45, 2.75) is 26.2 Å². The Balaban J connectivity index is 1.54. The van der Waals surface area contributed by atoms with E-state index < -0.39 is 0 Å². The van der Waals surface area contributed by atoms with Crippen LogP contribution in [0.1, 0.15) is 35.1 Å². The number of benzene rings is 1. The van der Waals surface area contributed by atoms with Gasteiger partial charge in [-0.25, -0.2) is 0 Å². The highest BCUT2D eigenvalue weighted by Gasteiger charge is 2.21. The molecule has 0 spiro atoms. The lowest BCUT2D eigenvalue weighted by atomic mass is 9.96. The number of nitrogens with one attached hydrogen (secondary N) is 2. The van der Waals surface area contributed by atoms with E-state index >= 15 is 0 Å². The molecule has 1 aliphatic rings.